The van der Waals surface area contributed by atoms with E-state index in [0.29, 0.717) is 17.8 Å². The minimum Gasteiger partial charge on any atom is -0.449 e. The topological polar surface area (TPSA) is 68.5 Å². The van der Waals surface area contributed by atoms with Crippen LogP contribution in [0.25, 0.3) is 21.7 Å². The van der Waals surface area contributed by atoms with Crippen LogP contribution in [0.2, 0.25) is 0 Å². The lowest BCUT2D eigenvalue weighted by Gasteiger charge is -2.15. The highest BCUT2D eigenvalue weighted by Crippen LogP contribution is 2.43. The number of carboxylic acid groups (broad SMARTS) is 1. The lowest BCUT2D eigenvalue weighted by atomic mass is 10.1. The molecule has 3 aromatic rings. The summed E-state index contributed by atoms with van der Waals surface area (Å²) in [6.07, 6.45) is -1.39. The Morgan fingerprint density at radius 2 is 2.00 bits per heavy atom. The SMILES string of the molecule is O=C(O)Oc1cc(-c2ccccc2)c(=O)n2c1-c1sccc1SCC2. The Hall–Kier alpha value is -2.51. The van der Waals surface area contributed by atoms with E-state index in [1.165, 1.54) is 17.4 Å². The average Bonchev–Trinajstić information content (AvgIpc) is 2.98. The van der Waals surface area contributed by atoms with Crippen LogP contribution in [0.1, 0.15) is 0 Å². The van der Waals surface area contributed by atoms with E-state index in [1.54, 1.807) is 16.3 Å². The Labute approximate surface area is 151 Å². The van der Waals surface area contributed by atoms with Crippen molar-refractivity contribution in [1.29, 1.82) is 0 Å². The standard InChI is InChI=1S/C18H13NO4S2/c20-17-12(11-4-2-1-3-5-11)10-13(23-18(21)22)15-16-14(6-8-25-16)24-9-7-19(15)17/h1-6,8,10H,7,9H2,(H,21,22). The van der Waals surface area contributed by atoms with E-state index < -0.39 is 6.16 Å². The van der Waals surface area contributed by atoms with Crippen LogP contribution < -0.4 is 10.3 Å². The van der Waals surface area contributed by atoms with Crippen molar-refractivity contribution < 1.29 is 14.6 Å². The van der Waals surface area contributed by atoms with Crippen LogP contribution in [0, 0.1) is 0 Å². The number of fused-ring (bicyclic) bond motifs is 3. The monoisotopic (exact) mass is 371 g/mol. The molecule has 4 rings (SSSR count). The van der Waals surface area contributed by atoms with Gasteiger partial charge in [-0.3, -0.25) is 4.79 Å². The summed E-state index contributed by atoms with van der Waals surface area (Å²) >= 11 is 3.14. The van der Waals surface area contributed by atoms with Gasteiger partial charge in [0.2, 0.25) is 0 Å². The molecule has 0 saturated carbocycles. The third-order valence-electron chi connectivity index (χ3n) is 3.95. The normalized spacial score (nSPS) is 12.8. The molecule has 0 aliphatic carbocycles. The largest absolute Gasteiger partial charge is 0.511 e. The number of benzene rings is 1. The predicted octanol–water partition coefficient (Wildman–Crippen LogP) is 4.41. The molecule has 0 fully saturated rings. The number of rotatable bonds is 2. The van der Waals surface area contributed by atoms with Crippen molar-refractivity contribution in [3.05, 3.63) is 58.2 Å². The number of nitrogens with zero attached hydrogens (tertiary/aromatic N) is 1. The minimum atomic E-state index is -1.39. The molecule has 0 bridgehead atoms. The average molecular weight is 371 g/mol. The third kappa shape index (κ3) is 2.85. The second-order valence-electron chi connectivity index (χ2n) is 5.42. The first-order chi connectivity index (χ1) is 12.1. The summed E-state index contributed by atoms with van der Waals surface area (Å²) < 4.78 is 6.70. The van der Waals surface area contributed by atoms with Crippen LogP contribution >= 0.6 is 23.1 Å². The number of aromatic nitrogens is 1. The summed E-state index contributed by atoms with van der Waals surface area (Å²) in [5, 5.41) is 11.1. The molecule has 2 aromatic heterocycles. The number of thioether (sulfide) groups is 1. The minimum absolute atomic E-state index is 0.138. The van der Waals surface area contributed by atoms with E-state index >= 15 is 0 Å². The Balaban J connectivity index is 2.03. The quantitative estimate of drug-likeness (QED) is 0.676. The lowest BCUT2D eigenvalue weighted by Crippen LogP contribution is -2.25. The highest BCUT2D eigenvalue weighted by molar-refractivity contribution is 7.99. The summed E-state index contributed by atoms with van der Waals surface area (Å²) in [5.41, 5.74) is 1.58. The molecule has 126 valence electrons. The van der Waals surface area contributed by atoms with Crippen LogP contribution in [0.5, 0.6) is 5.75 Å². The summed E-state index contributed by atoms with van der Waals surface area (Å²) in [4.78, 5) is 26.2. The second kappa shape index (κ2) is 6.42. The molecule has 7 heteroatoms. The van der Waals surface area contributed by atoms with Gasteiger partial charge in [-0.1, -0.05) is 30.3 Å². The summed E-state index contributed by atoms with van der Waals surface area (Å²) in [6.45, 7) is 0.497. The van der Waals surface area contributed by atoms with E-state index in [0.717, 1.165) is 21.1 Å². The molecule has 3 heterocycles. The number of hydrogen-bond acceptors (Lipinski definition) is 5. The third-order valence-corrected chi connectivity index (χ3v) is 6.04. The van der Waals surface area contributed by atoms with Crippen molar-refractivity contribution in [2.45, 2.75) is 11.4 Å². The zero-order valence-electron chi connectivity index (χ0n) is 13.0. The van der Waals surface area contributed by atoms with Gasteiger partial charge in [-0.05, 0) is 23.1 Å². The summed E-state index contributed by atoms with van der Waals surface area (Å²) in [6, 6.07) is 12.7. The van der Waals surface area contributed by atoms with Gasteiger partial charge < -0.3 is 14.4 Å². The number of pyridine rings is 1. The first kappa shape index (κ1) is 16.0. The van der Waals surface area contributed by atoms with Crippen molar-refractivity contribution in [3.8, 4) is 27.4 Å². The van der Waals surface area contributed by atoms with E-state index in [2.05, 4.69) is 0 Å². The number of thiophene rings is 1. The van der Waals surface area contributed by atoms with Crippen molar-refractivity contribution in [3.63, 3.8) is 0 Å². The molecule has 25 heavy (non-hydrogen) atoms. The summed E-state index contributed by atoms with van der Waals surface area (Å²) in [7, 11) is 0. The molecule has 5 nitrogen and oxygen atoms in total. The number of hydrogen-bond donors (Lipinski definition) is 1. The summed E-state index contributed by atoms with van der Waals surface area (Å²) in [5.74, 6) is 0.929. The van der Waals surface area contributed by atoms with Crippen molar-refractivity contribution >= 4 is 29.3 Å². The molecule has 0 amide bonds. The van der Waals surface area contributed by atoms with Gasteiger partial charge in [0.05, 0.1) is 10.4 Å². The zero-order valence-corrected chi connectivity index (χ0v) is 14.6. The highest BCUT2D eigenvalue weighted by atomic mass is 32.2. The molecule has 0 atom stereocenters. The van der Waals surface area contributed by atoms with Gasteiger partial charge in [-0.15, -0.1) is 23.1 Å². The fourth-order valence-corrected chi connectivity index (χ4v) is 5.06. The van der Waals surface area contributed by atoms with Crippen molar-refractivity contribution in [1.82, 2.24) is 4.57 Å². The Morgan fingerprint density at radius 3 is 2.76 bits per heavy atom. The van der Waals surface area contributed by atoms with Crippen molar-refractivity contribution in [2.75, 3.05) is 5.75 Å². The first-order valence-electron chi connectivity index (χ1n) is 7.60. The predicted molar refractivity (Wildman–Crippen MR) is 98.8 cm³/mol. The van der Waals surface area contributed by atoms with Gasteiger partial charge >= 0.3 is 6.16 Å². The smallest absolute Gasteiger partial charge is 0.449 e. The second-order valence-corrected chi connectivity index (χ2v) is 7.48. The van der Waals surface area contributed by atoms with Gasteiger partial charge in [0.15, 0.2) is 5.75 Å². The molecule has 1 aliphatic heterocycles. The van der Waals surface area contributed by atoms with Gasteiger partial charge in [0.1, 0.15) is 5.69 Å². The maximum absolute atomic E-state index is 13.1. The zero-order chi connectivity index (χ0) is 17.4. The van der Waals surface area contributed by atoms with E-state index in [4.69, 9.17) is 9.84 Å². The molecule has 0 radical (unpaired) electrons. The maximum atomic E-state index is 13.1. The molecule has 0 spiro atoms. The molecule has 0 unspecified atom stereocenters. The molecular weight excluding hydrogens is 358 g/mol. The van der Waals surface area contributed by atoms with Crippen LogP contribution in [-0.4, -0.2) is 21.6 Å². The fraction of sp³-hybridized carbons (Fsp3) is 0.111. The van der Waals surface area contributed by atoms with Crippen LogP contribution in [-0.2, 0) is 6.54 Å². The number of ether oxygens (including phenoxy) is 1. The molecule has 0 saturated heterocycles. The van der Waals surface area contributed by atoms with E-state index in [1.807, 2.05) is 41.8 Å². The Kier molecular flexibility index (Phi) is 4.10. The van der Waals surface area contributed by atoms with Gasteiger partial charge in [-0.2, -0.15) is 0 Å². The van der Waals surface area contributed by atoms with Gasteiger partial charge in [0.25, 0.3) is 5.56 Å². The Bertz CT molecular complexity index is 1010. The Morgan fingerprint density at radius 1 is 1.20 bits per heavy atom. The molecule has 1 aromatic carbocycles. The van der Waals surface area contributed by atoms with Crippen LogP contribution in [0.4, 0.5) is 4.79 Å². The van der Waals surface area contributed by atoms with Crippen LogP contribution in [0.3, 0.4) is 0 Å². The van der Waals surface area contributed by atoms with Gasteiger partial charge in [-0.25, -0.2) is 4.79 Å². The fourth-order valence-electron chi connectivity index (χ4n) is 2.92. The van der Waals surface area contributed by atoms with E-state index in [9.17, 15) is 9.59 Å². The number of carbonyl (C=O) groups is 1. The molecule has 1 aliphatic rings. The van der Waals surface area contributed by atoms with Crippen molar-refractivity contribution in [2.24, 2.45) is 0 Å². The van der Waals surface area contributed by atoms with E-state index in [-0.39, 0.29) is 11.3 Å². The highest BCUT2D eigenvalue weighted by Gasteiger charge is 2.25. The first-order valence-corrected chi connectivity index (χ1v) is 9.46. The van der Waals surface area contributed by atoms with Gasteiger partial charge in [0, 0.05) is 17.2 Å². The lowest BCUT2D eigenvalue weighted by molar-refractivity contribution is 0.144. The van der Waals surface area contributed by atoms with Crippen LogP contribution in [0.15, 0.2) is 57.5 Å². The maximum Gasteiger partial charge on any atom is 0.511 e. The molecule has 1 N–H and O–H groups in total. The molecular formula is C18H13NO4S2.